The smallest absolute Gasteiger partial charge is 1.00 e. The Kier molecular flexibility index (Phi) is 14.1. The molecular formula is C3H10BNaO6. The van der Waals surface area contributed by atoms with Crippen molar-refractivity contribution in [2.75, 3.05) is 21.3 Å². The first-order valence-electron chi connectivity index (χ1n) is 2.43. The van der Waals surface area contributed by atoms with Crippen LogP contribution in [0.2, 0.25) is 0 Å². The molecule has 0 aromatic carbocycles. The van der Waals surface area contributed by atoms with E-state index in [9.17, 15) is 0 Å². The Morgan fingerprint density at radius 1 is 0.818 bits per heavy atom. The summed E-state index contributed by atoms with van der Waals surface area (Å²) in [5, 5.41) is 0. The average molecular weight is 176 g/mol. The van der Waals surface area contributed by atoms with Gasteiger partial charge in [0.05, 0.1) is 21.3 Å². The Morgan fingerprint density at radius 2 is 1.09 bits per heavy atom. The monoisotopic (exact) mass is 176 g/mol. The molecule has 0 bridgehead atoms. The van der Waals surface area contributed by atoms with Gasteiger partial charge in [0, 0.05) is 0 Å². The van der Waals surface area contributed by atoms with Gasteiger partial charge in [-0.15, -0.1) is 0 Å². The summed E-state index contributed by atoms with van der Waals surface area (Å²) >= 11 is 0. The zero-order chi connectivity index (χ0) is 7.82. The predicted octanol–water partition coefficient (Wildman–Crippen LogP) is -3.18. The van der Waals surface area contributed by atoms with Gasteiger partial charge in [-0.2, -0.15) is 0 Å². The first-order chi connectivity index (χ1) is 4.85. The van der Waals surface area contributed by atoms with Crippen LogP contribution in [0.25, 0.3) is 0 Å². The van der Waals surface area contributed by atoms with E-state index in [1.54, 1.807) is 0 Å². The molecule has 0 saturated heterocycles. The quantitative estimate of drug-likeness (QED) is 0.241. The first-order valence-corrected chi connectivity index (χ1v) is 2.43. The molecule has 0 radical (unpaired) electrons. The van der Waals surface area contributed by atoms with Crippen molar-refractivity contribution in [3.63, 3.8) is 0 Å². The summed E-state index contributed by atoms with van der Waals surface area (Å²) in [6, 6.07) is 0. The Hall–Kier alpha value is 0.825. The number of hydrogen-bond acceptors (Lipinski definition) is 6. The molecule has 8 heteroatoms. The fourth-order valence-corrected chi connectivity index (χ4v) is 0.284. The maximum atomic E-state index is 4.33. The van der Waals surface area contributed by atoms with Crippen molar-refractivity contribution in [2.45, 2.75) is 0 Å². The second-order valence-electron chi connectivity index (χ2n) is 1.08. The molecular weight excluding hydrogens is 166 g/mol. The maximum absolute atomic E-state index is 4.33. The van der Waals surface area contributed by atoms with Crippen LogP contribution in [0.3, 0.4) is 0 Å². The fraction of sp³-hybridized carbons (Fsp3) is 1.00. The van der Waals surface area contributed by atoms with Crippen molar-refractivity contribution < 1.29 is 60.1 Å². The summed E-state index contributed by atoms with van der Waals surface area (Å²) in [6.45, 7) is 0. The van der Waals surface area contributed by atoms with Gasteiger partial charge < -0.3 is 1.43 Å². The zero-order valence-corrected chi connectivity index (χ0v) is 9.03. The molecule has 0 aromatic rings. The molecule has 0 amide bonds. The van der Waals surface area contributed by atoms with Crippen LogP contribution < -0.4 is 29.6 Å². The van der Waals surface area contributed by atoms with Crippen molar-refractivity contribution in [1.82, 2.24) is 0 Å². The van der Waals surface area contributed by atoms with Crippen LogP contribution in [0.15, 0.2) is 0 Å². The van der Waals surface area contributed by atoms with Crippen LogP contribution in [-0.2, 0) is 29.1 Å². The summed E-state index contributed by atoms with van der Waals surface area (Å²) in [5.41, 5.74) is 0. The van der Waals surface area contributed by atoms with Gasteiger partial charge in [-0.25, -0.2) is 14.4 Å². The van der Waals surface area contributed by atoms with Gasteiger partial charge in [0.25, 0.3) is 0 Å². The summed E-state index contributed by atoms with van der Waals surface area (Å²) in [4.78, 5) is 25.6. The van der Waals surface area contributed by atoms with Crippen molar-refractivity contribution in [3.05, 3.63) is 0 Å². The summed E-state index contributed by atoms with van der Waals surface area (Å²) < 4.78 is 0. The molecule has 0 heterocycles. The van der Waals surface area contributed by atoms with Crippen molar-refractivity contribution in [3.8, 4) is 0 Å². The van der Waals surface area contributed by atoms with Crippen LogP contribution in [0, 0.1) is 0 Å². The minimum atomic E-state index is -1.14. The summed E-state index contributed by atoms with van der Waals surface area (Å²) in [5.74, 6) is 0. The van der Waals surface area contributed by atoms with E-state index < -0.39 is 7.32 Å². The molecule has 0 aromatic heterocycles. The van der Waals surface area contributed by atoms with E-state index >= 15 is 0 Å². The van der Waals surface area contributed by atoms with Gasteiger partial charge >= 0.3 is 36.9 Å². The van der Waals surface area contributed by atoms with E-state index in [-0.39, 0.29) is 31.0 Å². The number of hydrogen-bond donors (Lipinski definition) is 0. The second-order valence-corrected chi connectivity index (χ2v) is 1.08. The molecule has 0 fully saturated rings. The number of rotatable bonds is 6. The third kappa shape index (κ3) is 8.73. The Balaban J connectivity index is -0.000000405. The van der Waals surface area contributed by atoms with E-state index in [1.807, 2.05) is 0 Å². The first kappa shape index (κ1) is 14.4. The second kappa shape index (κ2) is 10.8. The van der Waals surface area contributed by atoms with E-state index in [0.29, 0.717) is 0 Å². The van der Waals surface area contributed by atoms with Crippen LogP contribution in [0.5, 0.6) is 0 Å². The molecule has 0 aliphatic carbocycles. The fourth-order valence-electron chi connectivity index (χ4n) is 0.284. The molecule has 0 spiro atoms. The molecule has 0 rings (SSSR count). The zero-order valence-electron chi connectivity index (χ0n) is 8.03. The van der Waals surface area contributed by atoms with Gasteiger partial charge in [-0.3, -0.25) is 14.7 Å². The Labute approximate surface area is 88.8 Å². The van der Waals surface area contributed by atoms with Crippen LogP contribution in [0.4, 0.5) is 0 Å². The van der Waals surface area contributed by atoms with E-state index in [4.69, 9.17) is 0 Å². The van der Waals surface area contributed by atoms with Gasteiger partial charge in [0.15, 0.2) is 0 Å². The van der Waals surface area contributed by atoms with E-state index in [1.165, 1.54) is 21.3 Å². The van der Waals surface area contributed by atoms with Gasteiger partial charge in [0.1, 0.15) is 0 Å². The van der Waals surface area contributed by atoms with Crippen molar-refractivity contribution >= 4 is 7.32 Å². The minimum Gasteiger partial charge on any atom is -1.00 e. The van der Waals surface area contributed by atoms with Crippen LogP contribution >= 0.6 is 0 Å². The molecule has 6 nitrogen and oxygen atoms in total. The van der Waals surface area contributed by atoms with Gasteiger partial charge in [-0.1, -0.05) is 0 Å². The third-order valence-corrected chi connectivity index (χ3v) is 0.524. The summed E-state index contributed by atoms with van der Waals surface area (Å²) in [7, 11) is 2.75. The van der Waals surface area contributed by atoms with Crippen molar-refractivity contribution in [1.29, 1.82) is 0 Å². The Morgan fingerprint density at radius 3 is 1.27 bits per heavy atom. The molecule has 0 aliphatic rings. The molecule has 62 valence electrons. The molecule has 0 unspecified atom stereocenters. The summed E-state index contributed by atoms with van der Waals surface area (Å²) in [6.07, 6.45) is 0. The van der Waals surface area contributed by atoms with Gasteiger partial charge in [0.2, 0.25) is 0 Å². The minimum absolute atomic E-state index is 0. The van der Waals surface area contributed by atoms with Crippen LogP contribution in [-0.4, -0.2) is 28.7 Å². The predicted molar refractivity (Wildman–Crippen MR) is 31.1 cm³/mol. The maximum Gasteiger partial charge on any atom is 1.00 e. The molecule has 0 aliphatic heterocycles. The SMILES string of the molecule is COOB(OOC)OOC.[H-].[Na+]. The Bertz CT molecular complexity index is 65.5. The molecule has 0 saturated carbocycles. The normalized spacial score (nSPS) is 9.00. The van der Waals surface area contributed by atoms with E-state index in [2.05, 4.69) is 29.1 Å². The van der Waals surface area contributed by atoms with Crippen molar-refractivity contribution in [2.24, 2.45) is 0 Å². The molecule has 0 atom stereocenters. The largest absolute Gasteiger partial charge is 1.00 e. The topological polar surface area (TPSA) is 55.4 Å². The molecule has 0 N–H and O–H groups in total. The molecule has 11 heavy (non-hydrogen) atoms. The van der Waals surface area contributed by atoms with Gasteiger partial charge in [-0.05, 0) is 0 Å². The third-order valence-electron chi connectivity index (χ3n) is 0.524. The van der Waals surface area contributed by atoms with Crippen LogP contribution in [0.1, 0.15) is 1.43 Å². The average Bonchev–Trinajstić information content (AvgIpc) is 1.90. The standard InChI is InChI=1S/C3H9BO6.Na.H/c1-5-8-4(9-6-2)10-7-3;;/h1-3H3;;/q;+1;-1. The van der Waals surface area contributed by atoms with E-state index in [0.717, 1.165) is 0 Å².